The molecule has 0 amide bonds. The largest absolute Gasteiger partial charge is 0.282 e. The molecule has 0 aliphatic rings. The molecule has 0 aliphatic heterocycles. The predicted octanol–water partition coefficient (Wildman–Crippen LogP) is 0.732. The molecular weight excluding hydrogens is 122 g/mol. The number of nitrogens with zero attached hydrogens (tertiary/aromatic N) is 1. The summed E-state index contributed by atoms with van der Waals surface area (Å²) in [7, 11) is 1.57. The van der Waals surface area contributed by atoms with Crippen LogP contribution in [0, 0.1) is 0 Å². The maximum atomic E-state index is 10.4. The summed E-state index contributed by atoms with van der Waals surface area (Å²) in [4.78, 5) is 13.8. The molecule has 44 valence electrons. The summed E-state index contributed by atoms with van der Waals surface area (Å²) in [5.74, 6) is 2.43. The van der Waals surface area contributed by atoms with Crippen LogP contribution in [0.5, 0.6) is 0 Å². The van der Waals surface area contributed by atoms with Gasteiger partial charge >= 0.3 is 0 Å². The molecule has 0 saturated heterocycles. The van der Waals surface area contributed by atoms with Gasteiger partial charge in [0.15, 0.2) is 0 Å². The number of carbonyl (C=O) groups is 1. The van der Waals surface area contributed by atoms with Crippen molar-refractivity contribution in [3.8, 4) is 0 Å². The molecule has 0 atom stereocenters. The zero-order valence-electron chi connectivity index (χ0n) is 4.84. The van der Waals surface area contributed by atoms with E-state index in [2.05, 4.69) is 10.9 Å². The highest BCUT2D eigenvalue weighted by molar-refractivity contribution is 8.13. The first-order valence-corrected chi connectivity index (χ1v) is 3.29. The quantitative estimate of drug-likeness (QED) is 0.386. The van der Waals surface area contributed by atoms with E-state index in [0.717, 1.165) is 11.8 Å². The lowest BCUT2D eigenvalue weighted by molar-refractivity contribution is -0.106. The molecule has 0 aromatic rings. The van der Waals surface area contributed by atoms with Crippen LogP contribution >= 0.6 is 11.8 Å². The van der Waals surface area contributed by atoms with Gasteiger partial charge in [0, 0.05) is 7.05 Å². The zero-order chi connectivity index (χ0) is 6.41. The minimum absolute atomic E-state index is 0.0180. The van der Waals surface area contributed by atoms with Crippen LogP contribution in [0.25, 0.3) is 0 Å². The van der Waals surface area contributed by atoms with Crippen molar-refractivity contribution >= 4 is 22.7 Å². The van der Waals surface area contributed by atoms with E-state index in [1.807, 2.05) is 0 Å². The molecule has 0 saturated carbocycles. The Morgan fingerprint density at radius 1 is 1.88 bits per heavy atom. The number of aliphatic imine (C=N–C) groups is 1. The van der Waals surface area contributed by atoms with Gasteiger partial charge in [-0.05, 0) is 12.1 Å². The summed E-state index contributed by atoms with van der Waals surface area (Å²) < 4.78 is 0. The highest BCUT2D eigenvalue weighted by Crippen LogP contribution is 1.91. The number of hydrogen-bond acceptors (Lipinski definition) is 3. The topological polar surface area (TPSA) is 29.4 Å². The Labute approximate surface area is 52.7 Å². The number of thioether (sulfide) groups is 1. The second-order valence-corrected chi connectivity index (χ2v) is 1.83. The zero-order valence-corrected chi connectivity index (χ0v) is 5.66. The first kappa shape index (κ1) is 7.47. The van der Waals surface area contributed by atoms with Gasteiger partial charge in [-0.3, -0.25) is 4.79 Å². The van der Waals surface area contributed by atoms with E-state index in [-0.39, 0.29) is 5.12 Å². The Hall–Kier alpha value is -0.530. The van der Waals surface area contributed by atoms with Gasteiger partial charge in [0.05, 0.1) is 6.08 Å². The Kier molecular flexibility index (Phi) is 4.32. The third kappa shape index (κ3) is 3.65. The lowest BCUT2D eigenvalue weighted by atomic mass is 10.7. The minimum atomic E-state index is -0.0180. The van der Waals surface area contributed by atoms with Crippen LogP contribution < -0.4 is 0 Å². The van der Waals surface area contributed by atoms with Crippen molar-refractivity contribution in [2.75, 3.05) is 13.3 Å². The van der Waals surface area contributed by atoms with Crippen molar-refractivity contribution in [1.82, 2.24) is 0 Å². The fourth-order valence-corrected chi connectivity index (χ4v) is 0.347. The second-order valence-electron chi connectivity index (χ2n) is 1.02. The van der Waals surface area contributed by atoms with Crippen LogP contribution in [0.15, 0.2) is 11.1 Å². The molecule has 2 nitrogen and oxygen atoms in total. The maximum absolute atomic E-state index is 10.4. The Balaban J connectivity index is 3.71. The van der Waals surface area contributed by atoms with E-state index in [1.165, 1.54) is 6.08 Å². The Bertz CT molecular complexity index is 135. The van der Waals surface area contributed by atoms with Crippen molar-refractivity contribution in [3.05, 3.63) is 6.08 Å². The van der Waals surface area contributed by atoms with Crippen LogP contribution in [-0.2, 0) is 4.79 Å². The highest BCUT2D eigenvalue weighted by Gasteiger charge is 1.85. The van der Waals surface area contributed by atoms with Gasteiger partial charge in [-0.2, -0.15) is 0 Å². The molecule has 3 heteroatoms. The van der Waals surface area contributed by atoms with E-state index in [9.17, 15) is 4.79 Å². The normalized spacial score (nSPS) is 7.25. The lowest BCUT2D eigenvalue weighted by Crippen LogP contribution is -1.79. The lowest BCUT2D eigenvalue weighted by Gasteiger charge is -1.75. The SMILES string of the molecule is CN=C=CC(=O)SC. The molecule has 0 heterocycles. The number of hydrogen-bond donors (Lipinski definition) is 0. The molecule has 0 aromatic carbocycles. The molecule has 8 heavy (non-hydrogen) atoms. The molecule has 0 spiro atoms. The fourth-order valence-electron chi connectivity index (χ4n) is 0.176. The molecule has 0 aliphatic carbocycles. The second kappa shape index (κ2) is 4.62. The van der Waals surface area contributed by atoms with Crippen LogP contribution in [0.2, 0.25) is 0 Å². The summed E-state index contributed by atoms with van der Waals surface area (Å²) in [5, 5.41) is -0.0180. The third-order valence-corrected chi connectivity index (χ3v) is 1.03. The third-order valence-electron chi connectivity index (χ3n) is 0.513. The van der Waals surface area contributed by atoms with Gasteiger partial charge in [0.25, 0.3) is 0 Å². The van der Waals surface area contributed by atoms with Gasteiger partial charge in [0.2, 0.25) is 5.12 Å². The summed E-state index contributed by atoms with van der Waals surface area (Å²) in [5.41, 5.74) is 0. The van der Waals surface area contributed by atoms with Gasteiger partial charge in [-0.1, -0.05) is 11.8 Å². The van der Waals surface area contributed by atoms with Gasteiger partial charge in [-0.15, -0.1) is 0 Å². The van der Waals surface area contributed by atoms with Crippen molar-refractivity contribution in [2.45, 2.75) is 0 Å². The van der Waals surface area contributed by atoms with Gasteiger partial charge in [0.1, 0.15) is 0 Å². The number of carbonyl (C=O) groups excluding carboxylic acids is 1. The van der Waals surface area contributed by atoms with Crippen LogP contribution in [0.3, 0.4) is 0 Å². The van der Waals surface area contributed by atoms with Crippen LogP contribution in [-0.4, -0.2) is 24.3 Å². The molecule has 0 fully saturated rings. The summed E-state index contributed by atoms with van der Waals surface area (Å²) in [6, 6.07) is 0. The first-order valence-electron chi connectivity index (χ1n) is 2.06. The van der Waals surface area contributed by atoms with E-state index in [0.29, 0.717) is 0 Å². The molecule has 0 aromatic heterocycles. The Morgan fingerprint density at radius 2 is 2.50 bits per heavy atom. The van der Waals surface area contributed by atoms with Crippen LogP contribution in [0.4, 0.5) is 0 Å². The average molecular weight is 129 g/mol. The monoisotopic (exact) mass is 129 g/mol. The summed E-state index contributed by atoms with van der Waals surface area (Å²) in [6.45, 7) is 0. The molecule has 0 radical (unpaired) electrons. The van der Waals surface area contributed by atoms with Crippen LogP contribution in [0.1, 0.15) is 0 Å². The highest BCUT2D eigenvalue weighted by atomic mass is 32.2. The minimum Gasteiger partial charge on any atom is -0.282 e. The van der Waals surface area contributed by atoms with E-state index in [1.54, 1.807) is 13.3 Å². The van der Waals surface area contributed by atoms with E-state index in [4.69, 9.17) is 0 Å². The fraction of sp³-hybridized carbons (Fsp3) is 0.400. The summed E-state index contributed by atoms with van der Waals surface area (Å²) >= 11 is 1.15. The maximum Gasteiger partial charge on any atom is 0.221 e. The van der Waals surface area contributed by atoms with Crippen molar-refractivity contribution in [1.29, 1.82) is 0 Å². The summed E-state index contributed by atoms with van der Waals surface area (Å²) in [6.07, 6.45) is 3.03. The van der Waals surface area contributed by atoms with Gasteiger partial charge < -0.3 is 0 Å². The number of rotatable bonds is 1. The molecule has 0 bridgehead atoms. The smallest absolute Gasteiger partial charge is 0.221 e. The average Bonchev–Trinajstić information content (AvgIpc) is 1.83. The van der Waals surface area contributed by atoms with Crippen molar-refractivity contribution < 1.29 is 4.79 Å². The molecular formula is C5H7NOS. The van der Waals surface area contributed by atoms with Crippen molar-refractivity contribution in [2.24, 2.45) is 4.99 Å². The first-order chi connectivity index (χ1) is 3.81. The molecule has 0 rings (SSSR count). The predicted molar refractivity (Wildman–Crippen MR) is 36.5 cm³/mol. The standard InChI is InChI=1S/C5H7NOS/c1-6-4-3-5(7)8-2/h3H,1-2H3. The van der Waals surface area contributed by atoms with Gasteiger partial charge in [-0.25, -0.2) is 4.99 Å². The van der Waals surface area contributed by atoms with Crippen molar-refractivity contribution in [3.63, 3.8) is 0 Å². The Morgan fingerprint density at radius 3 is 2.88 bits per heavy atom. The molecule has 0 unspecified atom stereocenters. The van der Waals surface area contributed by atoms with E-state index >= 15 is 0 Å². The van der Waals surface area contributed by atoms with E-state index < -0.39 is 0 Å². The molecule has 0 N–H and O–H groups in total.